The number of aromatic nitrogens is 2. The van der Waals surface area contributed by atoms with Crippen LogP contribution in [0.3, 0.4) is 0 Å². The predicted octanol–water partition coefficient (Wildman–Crippen LogP) is 4.39. The fourth-order valence-electron chi connectivity index (χ4n) is 3.66. The van der Waals surface area contributed by atoms with E-state index in [0.717, 1.165) is 23.7 Å². The lowest BCUT2D eigenvalue weighted by molar-refractivity contribution is -0.139. The minimum Gasteiger partial charge on any atom is -0.484 e. The highest BCUT2D eigenvalue weighted by atomic mass is 32.2. The Bertz CT molecular complexity index is 1540. The van der Waals surface area contributed by atoms with Crippen molar-refractivity contribution in [2.75, 3.05) is 6.26 Å². The Kier molecular flexibility index (Phi) is 6.82. The summed E-state index contributed by atoms with van der Waals surface area (Å²) in [5.41, 5.74) is 6.54. The lowest BCUT2D eigenvalue weighted by Crippen LogP contribution is -2.21. The van der Waals surface area contributed by atoms with Crippen LogP contribution in [0.4, 0.5) is 13.2 Å². The summed E-state index contributed by atoms with van der Waals surface area (Å²) in [6, 6.07) is 11.8. The first-order valence-electron chi connectivity index (χ1n) is 10.5. The van der Waals surface area contributed by atoms with E-state index in [0.29, 0.717) is 21.6 Å². The molecule has 1 unspecified atom stereocenters. The topological polar surface area (TPSA) is 116 Å². The number of sulfonamides is 1. The molecule has 2 aromatic heterocycles. The number of amides is 1. The Morgan fingerprint density at radius 3 is 2.61 bits per heavy atom. The number of hydrogen-bond acceptors (Lipinski definition) is 6. The molecule has 3 N–H and O–H groups in total. The molecule has 2 aromatic carbocycles. The van der Waals surface area contributed by atoms with Crippen molar-refractivity contribution in [3.8, 4) is 10.8 Å². The van der Waals surface area contributed by atoms with E-state index in [4.69, 9.17) is 10.5 Å². The number of rotatable bonds is 8. The number of benzene rings is 2. The number of carbonyl (C=O) groups excluding carboxylic acids is 1. The lowest BCUT2D eigenvalue weighted by Gasteiger charge is -2.19. The van der Waals surface area contributed by atoms with Crippen LogP contribution < -0.4 is 15.2 Å². The molecule has 8 nitrogen and oxygen atoms in total. The smallest absolute Gasteiger partial charge is 0.416 e. The van der Waals surface area contributed by atoms with Crippen molar-refractivity contribution in [3.05, 3.63) is 76.4 Å². The van der Waals surface area contributed by atoms with Crippen LogP contribution in [0.2, 0.25) is 0 Å². The molecule has 1 atom stereocenters. The second kappa shape index (κ2) is 9.56. The van der Waals surface area contributed by atoms with Crippen LogP contribution >= 0.6 is 11.3 Å². The van der Waals surface area contributed by atoms with Gasteiger partial charge in [0.25, 0.3) is 5.91 Å². The molecule has 13 heteroatoms. The van der Waals surface area contributed by atoms with Gasteiger partial charge in [0.05, 0.1) is 22.9 Å². The van der Waals surface area contributed by atoms with Crippen LogP contribution in [0.15, 0.2) is 54.9 Å². The Morgan fingerprint density at radius 1 is 1.22 bits per heavy atom. The number of primary amides is 1. The molecule has 0 bridgehead atoms. The number of imidazole rings is 1. The van der Waals surface area contributed by atoms with Gasteiger partial charge in [-0.2, -0.15) is 13.2 Å². The number of ether oxygens (including phenoxy) is 1. The third kappa shape index (κ3) is 5.53. The standard InChI is InChI=1S/C23H21F3N4O4S2/c1-13(15-5-3-4-6-16(15)23(24,25)26)34-19-10-20(35-21(19)22(27)31)30-12-28-17-8-7-14(9-18(17)30)11-29-36(2,32)33/h3-10,12-13,29H,11H2,1-2H3,(H2,27,31). The number of fused-ring (bicyclic) bond motifs is 1. The Labute approximate surface area is 208 Å². The Hall–Kier alpha value is -3.42. The zero-order chi connectivity index (χ0) is 26.3. The van der Waals surface area contributed by atoms with Gasteiger partial charge in [0.15, 0.2) is 0 Å². The van der Waals surface area contributed by atoms with Gasteiger partial charge >= 0.3 is 6.18 Å². The number of halogens is 3. The first-order chi connectivity index (χ1) is 16.8. The lowest BCUT2D eigenvalue weighted by atomic mass is 10.0. The van der Waals surface area contributed by atoms with Crippen molar-refractivity contribution in [3.63, 3.8) is 0 Å². The van der Waals surface area contributed by atoms with Crippen molar-refractivity contribution in [2.45, 2.75) is 25.7 Å². The van der Waals surface area contributed by atoms with E-state index in [1.807, 2.05) is 0 Å². The first kappa shape index (κ1) is 25.7. The number of thiophene rings is 1. The molecular formula is C23H21F3N4O4S2. The summed E-state index contributed by atoms with van der Waals surface area (Å²) >= 11 is 1.00. The highest BCUT2D eigenvalue weighted by Gasteiger charge is 2.35. The van der Waals surface area contributed by atoms with E-state index in [-0.39, 0.29) is 22.7 Å². The monoisotopic (exact) mass is 538 g/mol. The van der Waals surface area contributed by atoms with Crippen molar-refractivity contribution in [2.24, 2.45) is 5.73 Å². The van der Waals surface area contributed by atoms with Crippen LogP contribution in [-0.4, -0.2) is 30.1 Å². The molecule has 2 heterocycles. The molecule has 0 aliphatic rings. The van der Waals surface area contributed by atoms with Crippen LogP contribution in [0.1, 0.15) is 39.4 Å². The van der Waals surface area contributed by atoms with Gasteiger partial charge in [-0.15, -0.1) is 11.3 Å². The number of nitrogens with two attached hydrogens (primary N) is 1. The summed E-state index contributed by atoms with van der Waals surface area (Å²) in [5.74, 6) is -0.747. The fraction of sp³-hybridized carbons (Fsp3) is 0.217. The molecule has 1 amide bonds. The van der Waals surface area contributed by atoms with Crippen molar-refractivity contribution < 1.29 is 31.1 Å². The van der Waals surface area contributed by atoms with Gasteiger partial charge in [0.1, 0.15) is 28.1 Å². The van der Waals surface area contributed by atoms with E-state index in [1.54, 1.807) is 22.8 Å². The number of carbonyl (C=O) groups is 1. The number of nitrogens with zero attached hydrogens (tertiary/aromatic N) is 2. The normalized spacial score (nSPS) is 13.1. The largest absolute Gasteiger partial charge is 0.484 e. The molecule has 0 aliphatic carbocycles. The summed E-state index contributed by atoms with van der Waals surface area (Å²) in [4.78, 5) is 16.5. The summed E-state index contributed by atoms with van der Waals surface area (Å²) < 4.78 is 73.2. The summed E-state index contributed by atoms with van der Waals surface area (Å²) in [5, 5.41) is 0.492. The minimum atomic E-state index is -4.57. The number of nitrogens with one attached hydrogen (secondary N) is 1. The fourth-order valence-corrected chi connectivity index (χ4v) is 5.01. The van der Waals surface area contributed by atoms with Gasteiger partial charge in [-0.3, -0.25) is 9.36 Å². The van der Waals surface area contributed by atoms with E-state index >= 15 is 0 Å². The van der Waals surface area contributed by atoms with E-state index in [9.17, 15) is 26.4 Å². The zero-order valence-electron chi connectivity index (χ0n) is 19.0. The van der Waals surface area contributed by atoms with Crippen LogP contribution in [0.25, 0.3) is 16.0 Å². The third-order valence-corrected chi connectivity index (χ3v) is 7.10. The van der Waals surface area contributed by atoms with Gasteiger partial charge in [-0.25, -0.2) is 18.1 Å². The molecule has 36 heavy (non-hydrogen) atoms. The first-order valence-corrected chi connectivity index (χ1v) is 13.2. The van der Waals surface area contributed by atoms with E-state index < -0.39 is 33.8 Å². The zero-order valence-corrected chi connectivity index (χ0v) is 20.7. The predicted molar refractivity (Wildman–Crippen MR) is 130 cm³/mol. The highest BCUT2D eigenvalue weighted by molar-refractivity contribution is 7.88. The molecule has 0 saturated heterocycles. The molecule has 0 radical (unpaired) electrons. The maximum atomic E-state index is 13.5. The molecule has 0 aliphatic heterocycles. The minimum absolute atomic E-state index is 0.0399. The molecule has 0 fully saturated rings. The third-order valence-electron chi connectivity index (χ3n) is 5.30. The van der Waals surface area contributed by atoms with Crippen molar-refractivity contribution >= 4 is 38.3 Å². The second-order valence-corrected chi connectivity index (χ2v) is 10.9. The molecule has 4 aromatic rings. The average Bonchev–Trinajstić information content (AvgIpc) is 3.40. The van der Waals surface area contributed by atoms with Crippen LogP contribution in [0, 0.1) is 0 Å². The van der Waals surface area contributed by atoms with Gasteiger partial charge in [-0.1, -0.05) is 24.3 Å². The molecule has 190 valence electrons. The van der Waals surface area contributed by atoms with Gasteiger partial charge in [0, 0.05) is 18.2 Å². The van der Waals surface area contributed by atoms with Crippen molar-refractivity contribution in [1.82, 2.24) is 14.3 Å². The number of alkyl halides is 3. The molecule has 0 saturated carbocycles. The van der Waals surface area contributed by atoms with Gasteiger partial charge < -0.3 is 10.5 Å². The molecular weight excluding hydrogens is 517 g/mol. The summed E-state index contributed by atoms with van der Waals surface area (Å²) in [6.45, 7) is 1.53. The number of hydrogen-bond donors (Lipinski definition) is 2. The van der Waals surface area contributed by atoms with Crippen LogP contribution in [-0.2, 0) is 22.7 Å². The summed E-state index contributed by atoms with van der Waals surface area (Å²) in [6.07, 6.45) is -3.03. The summed E-state index contributed by atoms with van der Waals surface area (Å²) in [7, 11) is -3.39. The Balaban J connectivity index is 1.70. The van der Waals surface area contributed by atoms with E-state index in [2.05, 4.69) is 9.71 Å². The highest BCUT2D eigenvalue weighted by Crippen LogP contribution is 2.39. The van der Waals surface area contributed by atoms with Crippen molar-refractivity contribution in [1.29, 1.82) is 0 Å². The quantitative estimate of drug-likeness (QED) is 0.345. The van der Waals surface area contributed by atoms with E-state index in [1.165, 1.54) is 37.5 Å². The molecule has 4 rings (SSSR count). The van der Waals surface area contributed by atoms with Gasteiger partial charge in [-0.05, 0) is 30.7 Å². The average molecular weight is 539 g/mol. The maximum Gasteiger partial charge on any atom is 0.416 e. The second-order valence-electron chi connectivity index (χ2n) is 8.02. The SMILES string of the molecule is CC(Oc1cc(-n2cnc3ccc(CNS(C)(=O)=O)cc32)sc1C(N)=O)c1ccccc1C(F)(F)F. The Morgan fingerprint density at radius 2 is 1.94 bits per heavy atom. The van der Waals surface area contributed by atoms with Gasteiger partial charge in [0.2, 0.25) is 10.0 Å². The molecule has 0 spiro atoms. The maximum absolute atomic E-state index is 13.5. The van der Waals surface area contributed by atoms with Crippen LogP contribution in [0.5, 0.6) is 5.75 Å².